The smallest absolute Gasteiger partial charge is 0.321 e. The van der Waals surface area contributed by atoms with Crippen LogP contribution in [0, 0.1) is 0 Å². The number of hydrogen-bond donors (Lipinski definition) is 2. The van der Waals surface area contributed by atoms with Gasteiger partial charge in [-0.2, -0.15) is 4.31 Å². The number of amides is 3. The zero-order chi connectivity index (χ0) is 18.4. The molecule has 3 amide bonds. The van der Waals surface area contributed by atoms with Gasteiger partial charge in [0.15, 0.2) is 0 Å². The molecule has 0 atom stereocenters. The first kappa shape index (κ1) is 19.6. The van der Waals surface area contributed by atoms with E-state index in [0.29, 0.717) is 24.7 Å². The highest BCUT2D eigenvalue weighted by Gasteiger charge is 2.29. The van der Waals surface area contributed by atoms with E-state index in [4.69, 9.17) is 11.6 Å². The van der Waals surface area contributed by atoms with E-state index < -0.39 is 22.0 Å². The molecule has 0 bridgehead atoms. The van der Waals surface area contributed by atoms with Crippen LogP contribution in [0.4, 0.5) is 4.79 Å². The third-order valence-electron chi connectivity index (χ3n) is 3.74. The van der Waals surface area contributed by atoms with Gasteiger partial charge in [0.1, 0.15) is 0 Å². The molecule has 0 aliphatic carbocycles. The van der Waals surface area contributed by atoms with Crippen LogP contribution in [-0.4, -0.2) is 68.8 Å². The van der Waals surface area contributed by atoms with Gasteiger partial charge in [0.05, 0.1) is 11.4 Å². The Morgan fingerprint density at radius 3 is 2.28 bits per heavy atom. The molecule has 0 radical (unpaired) electrons. The lowest BCUT2D eigenvalue weighted by Crippen LogP contribution is -2.52. The van der Waals surface area contributed by atoms with Gasteiger partial charge in [0.25, 0.3) is 0 Å². The standard InChI is InChI=1S/C15H21ClN4O4S/c1-2-17-15(22)18-14(21)11-19-7-9-20(10-8-19)25(23,24)13-5-3-12(16)4-6-13/h3-6H,2,7-11H2,1H3,(H2,17,18,21,22). The van der Waals surface area contributed by atoms with Crippen molar-refractivity contribution in [3.05, 3.63) is 29.3 Å². The summed E-state index contributed by atoms with van der Waals surface area (Å²) >= 11 is 5.79. The SMILES string of the molecule is CCNC(=O)NC(=O)CN1CCN(S(=O)(=O)c2ccc(Cl)cc2)CC1. The highest BCUT2D eigenvalue weighted by Crippen LogP contribution is 2.19. The molecule has 1 aromatic rings. The fraction of sp³-hybridized carbons (Fsp3) is 0.467. The van der Waals surface area contributed by atoms with E-state index in [1.807, 2.05) is 4.90 Å². The first-order chi connectivity index (χ1) is 11.8. The van der Waals surface area contributed by atoms with Crippen molar-refractivity contribution >= 4 is 33.6 Å². The summed E-state index contributed by atoms with van der Waals surface area (Å²) in [6.07, 6.45) is 0. The summed E-state index contributed by atoms with van der Waals surface area (Å²) in [4.78, 5) is 25.1. The van der Waals surface area contributed by atoms with Gasteiger partial charge in [-0.1, -0.05) is 11.6 Å². The zero-order valence-electron chi connectivity index (χ0n) is 13.9. The van der Waals surface area contributed by atoms with E-state index in [1.54, 1.807) is 6.92 Å². The minimum absolute atomic E-state index is 0.0476. The highest BCUT2D eigenvalue weighted by atomic mass is 35.5. The molecule has 0 saturated carbocycles. The van der Waals surface area contributed by atoms with E-state index in [0.717, 1.165) is 0 Å². The number of urea groups is 1. The number of rotatable bonds is 5. The van der Waals surface area contributed by atoms with E-state index >= 15 is 0 Å². The Bertz CT molecular complexity index is 716. The summed E-state index contributed by atoms with van der Waals surface area (Å²) < 4.78 is 26.5. The minimum atomic E-state index is -3.57. The fourth-order valence-corrected chi connectivity index (χ4v) is 4.01. The number of nitrogens with zero attached hydrogens (tertiary/aromatic N) is 2. The Hall–Kier alpha value is -1.68. The van der Waals surface area contributed by atoms with Gasteiger partial charge in [-0.25, -0.2) is 13.2 Å². The van der Waals surface area contributed by atoms with Crippen LogP contribution in [0.5, 0.6) is 0 Å². The molecule has 1 saturated heterocycles. The number of carbonyl (C=O) groups excluding carboxylic acids is 2. The van der Waals surface area contributed by atoms with Gasteiger partial charge < -0.3 is 5.32 Å². The van der Waals surface area contributed by atoms with Crippen LogP contribution in [0.25, 0.3) is 0 Å². The molecule has 0 spiro atoms. The molecule has 10 heteroatoms. The van der Waals surface area contributed by atoms with Crippen LogP contribution < -0.4 is 10.6 Å². The average molecular weight is 389 g/mol. The van der Waals surface area contributed by atoms with Crippen LogP contribution in [0.3, 0.4) is 0 Å². The molecule has 2 N–H and O–H groups in total. The van der Waals surface area contributed by atoms with E-state index in [-0.39, 0.29) is 24.5 Å². The lowest BCUT2D eigenvalue weighted by molar-refractivity contribution is -0.121. The molecular formula is C15H21ClN4O4S. The maximum Gasteiger partial charge on any atom is 0.321 e. The summed E-state index contributed by atoms with van der Waals surface area (Å²) in [7, 11) is -3.57. The molecule has 8 nitrogen and oxygen atoms in total. The average Bonchev–Trinajstić information content (AvgIpc) is 2.55. The van der Waals surface area contributed by atoms with Crippen molar-refractivity contribution in [2.75, 3.05) is 39.3 Å². The monoisotopic (exact) mass is 388 g/mol. The molecule has 0 aromatic heterocycles. The summed E-state index contributed by atoms with van der Waals surface area (Å²) in [6.45, 7) is 3.61. The van der Waals surface area contributed by atoms with Crippen LogP contribution in [0.2, 0.25) is 5.02 Å². The predicted octanol–water partition coefficient (Wildman–Crippen LogP) is 0.492. The first-order valence-electron chi connectivity index (χ1n) is 7.88. The van der Waals surface area contributed by atoms with Crippen molar-refractivity contribution in [2.45, 2.75) is 11.8 Å². The van der Waals surface area contributed by atoms with Gasteiger partial charge in [-0.05, 0) is 31.2 Å². The Kier molecular flexibility index (Phi) is 6.77. The van der Waals surface area contributed by atoms with Gasteiger partial charge in [-0.15, -0.1) is 0 Å². The maximum atomic E-state index is 12.6. The molecule has 138 valence electrons. The molecule has 1 fully saturated rings. The van der Waals surface area contributed by atoms with E-state index in [1.165, 1.54) is 28.6 Å². The maximum absolute atomic E-state index is 12.6. The number of sulfonamides is 1. The molecule has 1 heterocycles. The summed E-state index contributed by atoms with van der Waals surface area (Å²) in [5.74, 6) is -0.417. The first-order valence-corrected chi connectivity index (χ1v) is 9.70. The highest BCUT2D eigenvalue weighted by molar-refractivity contribution is 7.89. The second-order valence-corrected chi connectivity index (χ2v) is 7.92. The van der Waals surface area contributed by atoms with Crippen molar-refractivity contribution < 1.29 is 18.0 Å². The number of hydrogen-bond acceptors (Lipinski definition) is 5. The summed E-state index contributed by atoms with van der Waals surface area (Å²) in [5.41, 5.74) is 0. The number of benzene rings is 1. The number of piperazine rings is 1. The Morgan fingerprint density at radius 2 is 1.72 bits per heavy atom. The normalized spacial score (nSPS) is 16.4. The van der Waals surface area contributed by atoms with Gasteiger partial charge in [0.2, 0.25) is 15.9 Å². The molecule has 2 rings (SSSR count). The topological polar surface area (TPSA) is 98.8 Å². The quantitative estimate of drug-likeness (QED) is 0.765. The lowest BCUT2D eigenvalue weighted by atomic mass is 10.3. The van der Waals surface area contributed by atoms with Crippen LogP contribution in [-0.2, 0) is 14.8 Å². The molecule has 0 unspecified atom stereocenters. The molecular weight excluding hydrogens is 368 g/mol. The second-order valence-electron chi connectivity index (χ2n) is 5.54. The third kappa shape index (κ3) is 5.40. The number of imide groups is 1. The molecule has 1 aliphatic heterocycles. The number of nitrogens with one attached hydrogen (secondary N) is 2. The van der Waals surface area contributed by atoms with Crippen LogP contribution in [0.15, 0.2) is 29.2 Å². The fourth-order valence-electron chi connectivity index (χ4n) is 2.46. The Labute approximate surface area is 152 Å². The minimum Gasteiger partial charge on any atom is -0.338 e. The molecule has 25 heavy (non-hydrogen) atoms. The molecule has 1 aromatic carbocycles. The van der Waals surface area contributed by atoms with Crippen molar-refractivity contribution in [1.82, 2.24) is 19.8 Å². The number of halogens is 1. The lowest BCUT2D eigenvalue weighted by Gasteiger charge is -2.33. The predicted molar refractivity (Wildman–Crippen MR) is 93.9 cm³/mol. The van der Waals surface area contributed by atoms with E-state index in [2.05, 4.69) is 10.6 Å². The van der Waals surface area contributed by atoms with Gasteiger partial charge in [0, 0.05) is 37.7 Å². The van der Waals surface area contributed by atoms with Crippen molar-refractivity contribution in [3.8, 4) is 0 Å². The van der Waals surface area contributed by atoms with Gasteiger partial charge in [-0.3, -0.25) is 15.0 Å². The zero-order valence-corrected chi connectivity index (χ0v) is 15.4. The van der Waals surface area contributed by atoms with Crippen molar-refractivity contribution in [2.24, 2.45) is 0 Å². The Morgan fingerprint density at radius 1 is 1.12 bits per heavy atom. The molecule has 1 aliphatic rings. The van der Waals surface area contributed by atoms with Crippen LogP contribution >= 0.6 is 11.6 Å². The van der Waals surface area contributed by atoms with Crippen molar-refractivity contribution in [1.29, 1.82) is 0 Å². The largest absolute Gasteiger partial charge is 0.338 e. The third-order valence-corrected chi connectivity index (χ3v) is 5.91. The summed E-state index contributed by atoms with van der Waals surface area (Å²) in [6, 6.07) is 5.50. The van der Waals surface area contributed by atoms with Gasteiger partial charge >= 0.3 is 6.03 Å². The van der Waals surface area contributed by atoms with Crippen LogP contribution in [0.1, 0.15) is 6.92 Å². The number of carbonyl (C=O) groups is 2. The Balaban J connectivity index is 1.87. The van der Waals surface area contributed by atoms with Crippen molar-refractivity contribution in [3.63, 3.8) is 0 Å². The summed E-state index contributed by atoms with van der Waals surface area (Å²) in [5, 5.41) is 5.18. The van der Waals surface area contributed by atoms with E-state index in [9.17, 15) is 18.0 Å². The second kappa shape index (κ2) is 8.61.